The zero-order chi connectivity index (χ0) is 13.3. The summed E-state index contributed by atoms with van der Waals surface area (Å²) in [4.78, 5) is 43.4. The Morgan fingerprint density at radius 3 is 1.18 bits per heavy atom. The first-order valence-corrected chi connectivity index (χ1v) is 4.68. The predicted octanol–water partition coefficient (Wildman–Crippen LogP) is -0.315. The summed E-state index contributed by atoms with van der Waals surface area (Å²) in [6, 6.07) is 0. The van der Waals surface area contributed by atoms with Gasteiger partial charge in [0.15, 0.2) is 0 Å². The molecule has 98 valence electrons. The van der Waals surface area contributed by atoms with E-state index < -0.39 is 54.0 Å². The van der Waals surface area contributed by atoms with Gasteiger partial charge in [0.05, 0.1) is 23.7 Å². The first-order chi connectivity index (χ1) is 7.77. The van der Waals surface area contributed by atoms with Gasteiger partial charge in [0.2, 0.25) is 0 Å². The van der Waals surface area contributed by atoms with Crippen molar-refractivity contribution in [3.63, 3.8) is 0 Å². The minimum atomic E-state index is -1.72. The highest BCUT2D eigenvalue weighted by atomic mass is 16.4. The average molecular weight is 250 g/mol. The van der Waals surface area contributed by atoms with Gasteiger partial charge in [-0.1, -0.05) is 0 Å². The van der Waals surface area contributed by atoms with Crippen LogP contribution in [0.15, 0.2) is 0 Å². The van der Waals surface area contributed by atoms with Crippen LogP contribution in [0.25, 0.3) is 0 Å². The standard InChI is InChI=1S/C9H10O8.2H2/c10-6(11)2-1-3(7(12)13)5(9(16)17)4(2)8(14)15;;/h2-5H,1H2,(H,10,11)(H,12,13)(H,14,15)(H,16,17);2*1H. The van der Waals surface area contributed by atoms with E-state index >= 15 is 0 Å². The van der Waals surface area contributed by atoms with Gasteiger partial charge in [0.1, 0.15) is 0 Å². The molecule has 1 aliphatic carbocycles. The lowest BCUT2D eigenvalue weighted by atomic mass is 9.87. The van der Waals surface area contributed by atoms with Crippen LogP contribution in [0.2, 0.25) is 0 Å². The molecule has 0 bridgehead atoms. The molecule has 1 saturated carbocycles. The smallest absolute Gasteiger partial charge is 0.308 e. The number of hydrogen-bond donors (Lipinski definition) is 4. The van der Waals surface area contributed by atoms with Crippen LogP contribution >= 0.6 is 0 Å². The van der Waals surface area contributed by atoms with Crippen molar-refractivity contribution in [3.8, 4) is 0 Å². The van der Waals surface area contributed by atoms with Gasteiger partial charge in [-0.15, -0.1) is 0 Å². The van der Waals surface area contributed by atoms with Crippen molar-refractivity contribution in [2.45, 2.75) is 6.42 Å². The summed E-state index contributed by atoms with van der Waals surface area (Å²) in [5, 5.41) is 35.2. The number of carboxylic acids is 4. The van der Waals surface area contributed by atoms with Crippen molar-refractivity contribution in [3.05, 3.63) is 0 Å². The molecular formula is C9H14O8. The molecule has 4 atom stereocenters. The molecule has 0 radical (unpaired) electrons. The highest BCUT2D eigenvalue weighted by Crippen LogP contribution is 2.42. The maximum atomic E-state index is 10.9. The van der Waals surface area contributed by atoms with Gasteiger partial charge in [-0.25, -0.2) is 0 Å². The van der Waals surface area contributed by atoms with Crippen molar-refractivity contribution in [1.29, 1.82) is 0 Å². The van der Waals surface area contributed by atoms with E-state index in [0.717, 1.165) is 0 Å². The van der Waals surface area contributed by atoms with E-state index in [1.54, 1.807) is 0 Å². The van der Waals surface area contributed by atoms with Crippen LogP contribution in [0.5, 0.6) is 0 Å². The second-order valence-corrected chi connectivity index (χ2v) is 3.85. The van der Waals surface area contributed by atoms with Crippen molar-refractivity contribution < 1.29 is 42.5 Å². The van der Waals surface area contributed by atoms with Gasteiger partial charge in [0, 0.05) is 2.85 Å². The highest BCUT2D eigenvalue weighted by molar-refractivity contribution is 5.90. The maximum Gasteiger partial charge on any atom is 0.308 e. The second-order valence-electron chi connectivity index (χ2n) is 3.85. The minimum Gasteiger partial charge on any atom is -0.481 e. The summed E-state index contributed by atoms with van der Waals surface area (Å²) in [5.41, 5.74) is 0. The quantitative estimate of drug-likeness (QED) is 0.530. The Balaban J connectivity index is 0. The van der Waals surface area contributed by atoms with Gasteiger partial charge in [0.25, 0.3) is 0 Å². The van der Waals surface area contributed by atoms with Crippen LogP contribution < -0.4 is 0 Å². The zero-order valence-electron chi connectivity index (χ0n) is 8.44. The molecule has 0 spiro atoms. The van der Waals surface area contributed by atoms with E-state index in [-0.39, 0.29) is 2.85 Å². The van der Waals surface area contributed by atoms with E-state index in [1.165, 1.54) is 0 Å². The fourth-order valence-corrected chi connectivity index (χ4v) is 2.23. The first kappa shape index (κ1) is 12.9. The fraction of sp³-hybridized carbons (Fsp3) is 0.556. The van der Waals surface area contributed by atoms with E-state index in [1.807, 2.05) is 0 Å². The van der Waals surface area contributed by atoms with Crippen LogP contribution in [0.4, 0.5) is 0 Å². The van der Waals surface area contributed by atoms with Crippen LogP contribution in [0.1, 0.15) is 9.27 Å². The SMILES string of the molecule is O=C(O)C1CC(C(=O)O)C(C(=O)O)C1C(=O)O.[HH].[HH]. The van der Waals surface area contributed by atoms with Crippen molar-refractivity contribution in [2.24, 2.45) is 23.7 Å². The van der Waals surface area contributed by atoms with Crippen LogP contribution in [-0.2, 0) is 19.2 Å². The Kier molecular flexibility index (Phi) is 3.35. The summed E-state index contributed by atoms with van der Waals surface area (Å²) >= 11 is 0. The molecule has 0 amide bonds. The average Bonchev–Trinajstić information content (AvgIpc) is 2.56. The third-order valence-electron chi connectivity index (χ3n) is 2.97. The molecule has 0 aromatic heterocycles. The number of carboxylic acid groups (broad SMARTS) is 4. The summed E-state index contributed by atoms with van der Waals surface area (Å²) < 4.78 is 0. The Labute approximate surface area is 97.4 Å². The number of hydrogen-bond acceptors (Lipinski definition) is 4. The van der Waals surface area contributed by atoms with Crippen LogP contribution in [0, 0.1) is 23.7 Å². The fourth-order valence-electron chi connectivity index (χ4n) is 2.23. The molecular weight excluding hydrogens is 236 g/mol. The van der Waals surface area contributed by atoms with Crippen molar-refractivity contribution in [1.82, 2.24) is 0 Å². The van der Waals surface area contributed by atoms with Crippen molar-refractivity contribution in [2.75, 3.05) is 0 Å². The minimum absolute atomic E-state index is 0. The normalized spacial score (nSPS) is 32.0. The van der Waals surface area contributed by atoms with E-state index in [4.69, 9.17) is 20.4 Å². The maximum absolute atomic E-state index is 10.9. The lowest BCUT2D eigenvalue weighted by molar-refractivity contribution is -0.160. The predicted molar refractivity (Wildman–Crippen MR) is 53.3 cm³/mol. The molecule has 1 rings (SSSR count). The third-order valence-corrected chi connectivity index (χ3v) is 2.97. The molecule has 17 heavy (non-hydrogen) atoms. The van der Waals surface area contributed by atoms with Crippen molar-refractivity contribution >= 4 is 23.9 Å². The van der Waals surface area contributed by atoms with Gasteiger partial charge in [-0.05, 0) is 6.42 Å². The molecule has 1 aliphatic rings. The molecule has 4 N–H and O–H groups in total. The highest BCUT2D eigenvalue weighted by Gasteiger charge is 2.56. The Morgan fingerprint density at radius 1 is 0.706 bits per heavy atom. The largest absolute Gasteiger partial charge is 0.481 e. The van der Waals surface area contributed by atoms with E-state index in [0.29, 0.717) is 0 Å². The van der Waals surface area contributed by atoms with Gasteiger partial charge < -0.3 is 20.4 Å². The van der Waals surface area contributed by atoms with Gasteiger partial charge >= 0.3 is 23.9 Å². The van der Waals surface area contributed by atoms with Gasteiger partial charge in [-0.2, -0.15) is 0 Å². The monoisotopic (exact) mass is 250 g/mol. The molecule has 8 nitrogen and oxygen atoms in total. The molecule has 0 heterocycles. The van der Waals surface area contributed by atoms with Crippen LogP contribution in [-0.4, -0.2) is 44.3 Å². The number of carbonyl (C=O) groups is 4. The molecule has 0 aromatic carbocycles. The van der Waals surface area contributed by atoms with E-state index in [2.05, 4.69) is 0 Å². The summed E-state index contributed by atoms with van der Waals surface area (Å²) in [5.74, 6) is -12.6. The van der Waals surface area contributed by atoms with Crippen LogP contribution in [0.3, 0.4) is 0 Å². The van der Waals surface area contributed by atoms with E-state index in [9.17, 15) is 19.2 Å². The summed E-state index contributed by atoms with van der Waals surface area (Å²) in [6.45, 7) is 0. The molecule has 0 saturated heterocycles. The summed E-state index contributed by atoms with van der Waals surface area (Å²) in [7, 11) is 0. The second kappa shape index (κ2) is 4.40. The lowest BCUT2D eigenvalue weighted by Crippen LogP contribution is -2.35. The Hall–Kier alpha value is -2.12. The molecule has 0 aliphatic heterocycles. The number of rotatable bonds is 4. The lowest BCUT2D eigenvalue weighted by Gasteiger charge is -2.16. The topological polar surface area (TPSA) is 149 Å². The Morgan fingerprint density at radius 2 is 1.00 bits per heavy atom. The summed E-state index contributed by atoms with van der Waals surface area (Å²) in [6.07, 6.45) is -0.487. The first-order valence-electron chi connectivity index (χ1n) is 4.68. The molecule has 4 unspecified atom stereocenters. The third kappa shape index (κ3) is 2.19. The zero-order valence-corrected chi connectivity index (χ0v) is 8.44. The van der Waals surface area contributed by atoms with Gasteiger partial charge in [-0.3, -0.25) is 19.2 Å². The molecule has 8 heteroatoms. The number of aliphatic carboxylic acids is 4. The Bertz CT molecular complexity index is 360. The molecule has 1 fully saturated rings. The molecule has 0 aromatic rings.